The average molecular weight is 444 g/mol. The van der Waals surface area contributed by atoms with Crippen LogP contribution in [0.15, 0.2) is 48.0 Å². The molecule has 9 nitrogen and oxygen atoms in total. The van der Waals surface area contributed by atoms with E-state index in [-0.39, 0.29) is 43.5 Å². The molecular weight excluding hydrogens is 418 g/mol. The Labute approximate surface area is 181 Å². The monoisotopic (exact) mass is 443 g/mol. The highest BCUT2D eigenvalue weighted by Gasteiger charge is 2.31. The van der Waals surface area contributed by atoms with Crippen molar-refractivity contribution in [3.05, 3.63) is 43.1 Å². The Morgan fingerprint density at radius 3 is 2.55 bits per heavy atom. The van der Waals surface area contributed by atoms with Gasteiger partial charge in [0.05, 0.1) is 11.4 Å². The molecule has 2 N–H and O–H groups in total. The standard InChI is InChI=1S/C21H25N5O4S/c1-2-19(27)23-14-20(28)25-10-12-26(13-11-25)31(29,30)18-5-3-4-17-16(18)8-9-22-21(17)24-15-6-7-15/h2-5,8-9,15H,1,6-7,10-14H2,(H,22,24)(H,23,27). The van der Waals surface area contributed by atoms with Crippen LogP contribution >= 0.6 is 0 Å². The summed E-state index contributed by atoms with van der Waals surface area (Å²) in [6.45, 7) is 4.13. The second-order valence-electron chi connectivity index (χ2n) is 7.64. The van der Waals surface area contributed by atoms with E-state index in [9.17, 15) is 18.0 Å². The molecule has 2 aromatic rings. The minimum atomic E-state index is -3.74. The summed E-state index contributed by atoms with van der Waals surface area (Å²) in [7, 11) is -3.74. The average Bonchev–Trinajstić information content (AvgIpc) is 3.61. The number of hydrogen-bond acceptors (Lipinski definition) is 6. The SMILES string of the molecule is C=CC(=O)NCC(=O)N1CCN(S(=O)(=O)c2cccc3c(NC4CC4)nccc23)CC1. The number of benzene rings is 1. The number of carbonyl (C=O) groups is 2. The number of aromatic nitrogens is 1. The number of sulfonamides is 1. The first-order valence-corrected chi connectivity index (χ1v) is 11.7. The maximum Gasteiger partial charge on any atom is 0.243 e. The minimum Gasteiger partial charge on any atom is -0.367 e. The van der Waals surface area contributed by atoms with Crippen molar-refractivity contribution in [2.45, 2.75) is 23.8 Å². The summed E-state index contributed by atoms with van der Waals surface area (Å²) < 4.78 is 28.2. The van der Waals surface area contributed by atoms with Gasteiger partial charge in [0.2, 0.25) is 21.8 Å². The van der Waals surface area contributed by atoms with Gasteiger partial charge in [0.15, 0.2) is 0 Å². The lowest BCUT2D eigenvalue weighted by molar-refractivity contribution is -0.133. The molecule has 0 radical (unpaired) electrons. The normalized spacial score (nSPS) is 17.4. The van der Waals surface area contributed by atoms with Crippen LogP contribution in [0.2, 0.25) is 0 Å². The van der Waals surface area contributed by atoms with Crippen LogP contribution in [0.25, 0.3) is 10.8 Å². The van der Waals surface area contributed by atoms with E-state index in [1.54, 1.807) is 29.3 Å². The fourth-order valence-electron chi connectivity index (χ4n) is 3.60. The van der Waals surface area contributed by atoms with E-state index in [1.807, 2.05) is 6.07 Å². The number of amides is 2. The van der Waals surface area contributed by atoms with Gasteiger partial charge in [0.1, 0.15) is 5.82 Å². The van der Waals surface area contributed by atoms with Gasteiger partial charge in [-0.1, -0.05) is 18.7 Å². The summed E-state index contributed by atoms with van der Waals surface area (Å²) in [5.74, 6) is 0.0314. The van der Waals surface area contributed by atoms with Gasteiger partial charge in [-0.2, -0.15) is 4.31 Å². The third-order valence-electron chi connectivity index (χ3n) is 5.49. The molecule has 2 amide bonds. The van der Waals surface area contributed by atoms with E-state index in [0.29, 0.717) is 17.2 Å². The van der Waals surface area contributed by atoms with Gasteiger partial charge in [-0.15, -0.1) is 0 Å². The zero-order valence-electron chi connectivity index (χ0n) is 17.1. The van der Waals surface area contributed by atoms with Crippen molar-refractivity contribution in [1.82, 2.24) is 19.5 Å². The predicted molar refractivity (Wildman–Crippen MR) is 117 cm³/mol. The van der Waals surface area contributed by atoms with E-state index in [0.717, 1.165) is 24.3 Å². The maximum absolute atomic E-state index is 13.4. The van der Waals surface area contributed by atoms with Crippen LogP contribution in [0.1, 0.15) is 12.8 Å². The molecule has 10 heteroatoms. The van der Waals surface area contributed by atoms with E-state index in [1.165, 1.54) is 4.31 Å². The van der Waals surface area contributed by atoms with Crippen LogP contribution in [-0.2, 0) is 19.6 Å². The van der Waals surface area contributed by atoms with Gasteiger partial charge >= 0.3 is 0 Å². The molecule has 2 fully saturated rings. The van der Waals surface area contributed by atoms with Gasteiger partial charge < -0.3 is 15.5 Å². The fraction of sp³-hybridized carbons (Fsp3) is 0.381. The Kier molecular flexibility index (Phi) is 5.92. The number of nitrogens with zero attached hydrogens (tertiary/aromatic N) is 3. The maximum atomic E-state index is 13.4. The first-order chi connectivity index (χ1) is 14.9. The number of pyridine rings is 1. The molecule has 1 saturated heterocycles. The smallest absolute Gasteiger partial charge is 0.243 e. The van der Waals surface area contributed by atoms with Gasteiger partial charge in [-0.05, 0) is 31.1 Å². The lowest BCUT2D eigenvalue weighted by Crippen LogP contribution is -2.52. The Morgan fingerprint density at radius 2 is 1.87 bits per heavy atom. The molecule has 4 rings (SSSR count). The van der Waals surface area contributed by atoms with Crippen LogP contribution in [0, 0.1) is 0 Å². The van der Waals surface area contributed by atoms with Crippen molar-refractivity contribution in [1.29, 1.82) is 0 Å². The lowest BCUT2D eigenvalue weighted by Gasteiger charge is -2.34. The highest BCUT2D eigenvalue weighted by Crippen LogP contribution is 2.32. The van der Waals surface area contributed by atoms with Crippen molar-refractivity contribution >= 4 is 38.4 Å². The molecule has 1 aromatic carbocycles. The quantitative estimate of drug-likeness (QED) is 0.616. The molecule has 2 heterocycles. The van der Waals surface area contributed by atoms with E-state index in [2.05, 4.69) is 22.2 Å². The third-order valence-corrected chi connectivity index (χ3v) is 7.45. The van der Waals surface area contributed by atoms with Crippen LogP contribution in [-0.4, -0.2) is 73.2 Å². The Balaban J connectivity index is 1.49. The van der Waals surface area contributed by atoms with Crippen LogP contribution in [0.4, 0.5) is 5.82 Å². The molecule has 2 aliphatic rings. The van der Waals surface area contributed by atoms with E-state index < -0.39 is 15.9 Å². The van der Waals surface area contributed by atoms with Crippen LogP contribution in [0.5, 0.6) is 0 Å². The molecule has 31 heavy (non-hydrogen) atoms. The molecule has 1 saturated carbocycles. The summed E-state index contributed by atoms with van der Waals surface area (Å²) >= 11 is 0. The number of nitrogens with one attached hydrogen (secondary N) is 2. The minimum absolute atomic E-state index is 0.134. The predicted octanol–water partition coefficient (Wildman–Crippen LogP) is 0.944. The summed E-state index contributed by atoms with van der Waals surface area (Å²) in [5, 5.41) is 7.22. The molecule has 0 atom stereocenters. The summed E-state index contributed by atoms with van der Waals surface area (Å²) in [6, 6.07) is 7.35. The van der Waals surface area contributed by atoms with E-state index >= 15 is 0 Å². The number of rotatable bonds is 7. The Morgan fingerprint density at radius 1 is 1.13 bits per heavy atom. The van der Waals surface area contributed by atoms with Gasteiger partial charge in [-0.3, -0.25) is 9.59 Å². The first-order valence-electron chi connectivity index (χ1n) is 10.2. The molecule has 1 aliphatic heterocycles. The number of carbonyl (C=O) groups excluding carboxylic acids is 2. The molecular formula is C21H25N5O4S. The second kappa shape index (κ2) is 8.64. The zero-order valence-corrected chi connectivity index (χ0v) is 17.9. The largest absolute Gasteiger partial charge is 0.367 e. The van der Waals surface area contributed by atoms with Crippen molar-refractivity contribution in [3.8, 4) is 0 Å². The number of anilines is 1. The molecule has 1 aliphatic carbocycles. The second-order valence-corrected chi connectivity index (χ2v) is 9.54. The number of fused-ring (bicyclic) bond motifs is 1. The van der Waals surface area contributed by atoms with E-state index in [4.69, 9.17) is 0 Å². The van der Waals surface area contributed by atoms with Crippen molar-refractivity contribution in [2.24, 2.45) is 0 Å². The summed E-state index contributed by atoms with van der Waals surface area (Å²) in [5.41, 5.74) is 0. The molecule has 0 spiro atoms. The van der Waals surface area contributed by atoms with Crippen molar-refractivity contribution in [3.63, 3.8) is 0 Å². The molecule has 1 aromatic heterocycles. The summed E-state index contributed by atoms with van der Waals surface area (Å²) in [4.78, 5) is 29.7. The van der Waals surface area contributed by atoms with Gasteiger partial charge in [0, 0.05) is 49.2 Å². The molecule has 164 valence electrons. The highest BCUT2D eigenvalue weighted by atomic mass is 32.2. The van der Waals surface area contributed by atoms with Crippen molar-refractivity contribution in [2.75, 3.05) is 38.0 Å². The highest BCUT2D eigenvalue weighted by molar-refractivity contribution is 7.89. The Bertz CT molecular complexity index is 1120. The Hall–Kier alpha value is -2.98. The van der Waals surface area contributed by atoms with Gasteiger partial charge in [-0.25, -0.2) is 13.4 Å². The van der Waals surface area contributed by atoms with Crippen LogP contribution < -0.4 is 10.6 Å². The fourth-order valence-corrected chi connectivity index (χ4v) is 5.23. The first kappa shape index (κ1) is 21.3. The number of piperazine rings is 1. The topological polar surface area (TPSA) is 112 Å². The van der Waals surface area contributed by atoms with Crippen molar-refractivity contribution < 1.29 is 18.0 Å². The zero-order chi connectivity index (χ0) is 22.0. The number of hydrogen-bond donors (Lipinski definition) is 2. The third kappa shape index (κ3) is 4.54. The van der Waals surface area contributed by atoms with Crippen LogP contribution in [0.3, 0.4) is 0 Å². The molecule has 0 unspecified atom stereocenters. The lowest BCUT2D eigenvalue weighted by atomic mass is 10.1. The van der Waals surface area contributed by atoms with Gasteiger partial charge in [0.25, 0.3) is 0 Å². The summed E-state index contributed by atoms with van der Waals surface area (Å²) in [6.07, 6.45) is 4.91. The molecule has 0 bridgehead atoms.